The molecule has 1 N–H and O–H groups in total. The SMILES string of the molecule is Cc1nc2scc(C)n2c1CNc1c(F)cccc1F. The summed E-state index contributed by atoms with van der Waals surface area (Å²) in [5.41, 5.74) is 2.75. The lowest BCUT2D eigenvalue weighted by Crippen LogP contribution is -2.07. The molecule has 0 bridgehead atoms. The van der Waals surface area contributed by atoms with E-state index in [1.165, 1.54) is 18.2 Å². The number of halogens is 2. The molecule has 6 heteroatoms. The Hall–Kier alpha value is -1.95. The molecule has 104 valence electrons. The molecule has 0 atom stereocenters. The van der Waals surface area contributed by atoms with Crippen molar-refractivity contribution in [3.8, 4) is 0 Å². The van der Waals surface area contributed by atoms with Crippen LogP contribution in [0, 0.1) is 25.5 Å². The lowest BCUT2D eigenvalue weighted by atomic mass is 10.2. The standard InChI is InChI=1S/C14H13F2N3S/c1-8-7-20-14-18-9(2)12(19(8)14)6-17-13-10(15)4-3-5-11(13)16/h3-5,7,17H,6H2,1-2H3. The topological polar surface area (TPSA) is 29.3 Å². The Morgan fingerprint density at radius 2 is 1.95 bits per heavy atom. The number of rotatable bonds is 3. The fraction of sp³-hybridized carbons (Fsp3) is 0.214. The van der Waals surface area contributed by atoms with Crippen molar-refractivity contribution in [3.05, 3.63) is 52.3 Å². The predicted octanol–water partition coefficient (Wildman–Crippen LogP) is 3.90. The van der Waals surface area contributed by atoms with Gasteiger partial charge in [0.25, 0.3) is 0 Å². The van der Waals surface area contributed by atoms with Crippen molar-refractivity contribution in [1.29, 1.82) is 0 Å². The Bertz CT molecular complexity index is 756. The first-order chi connectivity index (χ1) is 9.58. The molecular weight excluding hydrogens is 280 g/mol. The highest BCUT2D eigenvalue weighted by Crippen LogP contribution is 2.23. The van der Waals surface area contributed by atoms with Crippen LogP contribution in [0.4, 0.5) is 14.5 Å². The van der Waals surface area contributed by atoms with Crippen molar-refractivity contribution >= 4 is 22.0 Å². The van der Waals surface area contributed by atoms with Crippen LogP contribution in [0.1, 0.15) is 17.1 Å². The molecule has 0 saturated carbocycles. The van der Waals surface area contributed by atoms with Gasteiger partial charge in [-0.15, -0.1) is 11.3 Å². The molecule has 3 rings (SSSR count). The molecule has 20 heavy (non-hydrogen) atoms. The van der Waals surface area contributed by atoms with Gasteiger partial charge in [-0.2, -0.15) is 0 Å². The summed E-state index contributed by atoms with van der Waals surface area (Å²) in [6.45, 7) is 4.20. The molecule has 0 radical (unpaired) electrons. The third-order valence-corrected chi connectivity index (χ3v) is 4.17. The minimum absolute atomic E-state index is 0.102. The van der Waals surface area contributed by atoms with Crippen LogP contribution >= 0.6 is 11.3 Å². The van der Waals surface area contributed by atoms with Gasteiger partial charge in [0.2, 0.25) is 0 Å². The third-order valence-electron chi connectivity index (χ3n) is 3.23. The van der Waals surface area contributed by atoms with Gasteiger partial charge in [-0.05, 0) is 26.0 Å². The summed E-state index contributed by atoms with van der Waals surface area (Å²) < 4.78 is 29.2. The summed E-state index contributed by atoms with van der Waals surface area (Å²) in [6, 6.07) is 3.82. The van der Waals surface area contributed by atoms with Crippen LogP contribution in [0.25, 0.3) is 4.96 Å². The summed E-state index contributed by atoms with van der Waals surface area (Å²) in [4.78, 5) is 5.34. The minimum Gasteiger partial charge on any atom is -0.375 e. The van der Waals surface area contributed by atoms with Crippen LogP contribution in [0.2, 0.25) is 0 Å². The normalized spacial score (nSPS) is 11.2. The zero-order valence-electron chi connectivity index (χ0n) is 11.1. The van der Waals surface area contributed by atoms with Crippen molar-refractivity contribution in [2.24, 2.45) is 0 Å². The number of para-hydroxylation sites is 1. The van der Waals surface area contributed by atoms with E-state index in [1.54, 1.807) is 11.3 Å². The first-order valence-corrected chi connectivity index (χ1v) is 7.06. The van der Waals surface area contributed by atoms with Gasteiger partial charge in [-0.1, -0.05) is 6.07 Å². The molecule has 2 heterocycles. The number of fused-ring (bicyclic) bond motifs is 1. The Morgan fingerprint density at radius 3 is 2.65 bits per heavy atom. The van der Waals surface area contributed by atoms with E-state index in [1.807, 2.05) is 23.6 Å². The lowest BCUT2D eigenvalue weighted by molar-refractivity contribution is 0.587. The molecule has 0 aliphatic carbocycles. The van der Waals surface area contributed by atoms with Crippen LogP contribution in [0.15, 0.2) is 23.6 Å². The number of anilines is 1. The van der Waals surface area contributed by atoms with Gasteiger partial charge in [0.05, 0.1) is 17.9 Å². The molecule has 0 amide bonds. The van der Waals surface area contributed by atoms with Crippen molar-refractivity contribution in [1.82, 2.24) is 9.38 Å². The number of nitrogens with one attached hydrogen (secondary N) is 1. The molecule has 0 saturated heterocycles. The smallest absolute Gasteiger partial charge is 0.194 e. The van der Waals surface area contributed by atoms with E-state index in [9.17, 15) is 8.78 Å². The van der Waals surface area contributed by atoms with Gasteiger partial charge >= 0.3 is 0 Å². The number of hydrogen-bond acceptors (Lipinski definition) is 3. The maximum Gasteiger partial charge on any atom is 0.194 e. The zero-order valence-corrected chi connectivity index (χ0v) is 11.9. The molecule has 0 unspecified atom stereocenters. The molecule has 0 aliphatic rings. The van der Waals surface area contributed by atoms with E-state index in [-0.39, 0.29) is 5.69 Å². The molecule has 3 nitrogen and oxygen atoms in total. The molecule has 0 fully saturated rings. The van der Waals surface area contributed by atoms with E-state index in [0.29, 0.717) is 6.54 Å². The first kappa shape index (κ1) is 13.1. The molecule has 3 aromatic rings. The van der Waals surface area contributed by atoms with Crippen molar-refractivity contribution < 1.29 is 8.78 Å². The largest absolute Gasteiger partial charge is 0.375 e. The lowest BCUT2D eigenvalue weighted by Gasteiger charge is -2.09. The van der Waals surface area contributed by atoms with Gasteiger partial charge < -0.3 is 5.32 Å². The number of imidazole rings is 1. The Labute approximate surface area is 118 Å². The van der Waals surface area contributed by atoms with Crippen molar-refractivity contribution in [3.63, 3.8) is 0 Å². The van der Waals surface area contributed by atoms with E-state index in [0.717, 1.165) is 22.0 Å². The van der Waals surface area contributed by atoms with Crippen LogP contribution in [-0.4, -0.2) is 9.38 Å². The van der Waals surface area contributed by atoms with Crippen LogP contribution < -0.4 is 5.32 Å². The van der Waals surface area contributed by atoms with Gasteiger partial charge in [-0.3, -0.25) is 4.40 Å². The number of aromatic nitrogens is 2. The van der Waals surface area contributed by atoms with Crippen molar-refractivity contribution in [2.45, 2.75) is 20.4 Å². The molecule has 2 aromatic heterocycles. The fourth-order valence-electron chi connectivity index (χ4n) is 2.21. The predicted molar refractivity (Wildman–Crippen MR) is 76.2 cm³/mol. The molecule has 0 spiro atoms. The van der Waals surface area contributed by atoms with E-state index in [4.69, 9.17) is 0 Å². The van der Waals surface area contributed by atoms with Gasteiger partial charge in [0, 0.05) is 11.1 Å². The minimum atomic E-state index is -0.592. The Kier molecular flexibility index (Phi) is 3.17. The monoisotopic (exact) mass is 293 g/mol. The highest BCUT2D eigenvalue weighted by atomic mass is 32.1. The van der Waals surface area contributed by atoms with Gasteiger partial charge in [0.1, 0.15) is 17.3 Å². The summed E-state index contributed by atoms with van der Waals surface area (Å²) in [6.07, 6.45) is 0. The van der Waals surface area contributed by atoms with Gasteiger partial charge in [0.15, 0.2) is 4.96 Å². The number of benzene rings is 1. The number of nitrogens with zero attached hydrogens (tertiary/aromatic N) is 2. The quantitative estimate of drug-likeness (QED) is 0.793. The maximum atomic E-state index is 13.6. The average Bonchev–Trinajstić information content (AvgIpc) is 2.90. The summed E-state index contributed by atoms with van der Waals surface area (Å²) in [7, 11) is 0. The Balaban J connectivity index is 1.94. The summed E-state index contributed by atoms with van der Waals surface area (Å²) >= 11 is 1.55. The summed E-state index contributed by atoms with van der Waals surface area (Å²) in [5.74, 6) is -1.18. The third kappa shape index (κ3) is 2.06. The van der Waals surface area contributed by atoms with E-state index in [2.05, 4.69) is 10.3 Å². The Morgan fingerprint density at radius 1 is 1.25 bits per heavy atom. The fourth-order valence-corrected chi connectivity index (χ4v) is 3.15. The second-order valence-electron chi connectivity index (χ2n) is 4.59. The van der Waals surface area contributed by atoms with E-state index < -0.39 is 11.6 Å². The second-order valence-corrected chi connectivity index (χ2v) is 5.43. The van der Waals surface area contributed by atoms with Crippen LogP contribution in [0.3, 0.4) is 0 Å². The van der Waals surface area contributed by atoms with E-state index >= 15 is 0 Å². The van der Waals surface area contributed by atoms with Crippen LogP contribution in [-0.2, 0) is 6.54 Å². The van der Waals surface area contributed by atoms with Gasteiger partial charge in [-0.25, -0.2) is 13.8 Å². The number of aryl methyl sites for hydroxylation is 2. The molecule has 0 aliphatic heterocycles. The highest BCUT2D eigenvalue weighted by molar-refractivity contribution is 7.15. The zero-order chi connectivity index (χ0) is 14.3. The average molecular weight is 293 g/mol. The maximum absolute atomic E-state index is 13.6. The highest BCUT2D eigenvalue weighted by Gasteiger charge is 2.14. The first-order valence-electron chi connectivity index (χ1n) is 6.18. The summed E-state index contributed by atoms with van der Waals surface area (Å²) in [5, 5.41) is 4.84. The van der Waals surface area contributed by atoms with Crippen LogP contribution in [0.5, 0.6) is 0 Å². The molecular formula is C14H13F2N3S. The number of thiazole rings is 1. The number of hydrogen-bond donors (Lipinski definition) is 1. The molecule has 1 aromatic carbocycles. The van der Waals surface area contributed by atoms with Crippen molar-refractivity contribution in [2.75, 3.05) is 5.32 Å². The second kappa shape index (κ2) is 4.86.